The molecule has 25 heavy (non-hydrogen) atoms. The van der Waals surface area contributed by atoms with E-state index in [0.717, 1.165) is 16.9 Å². The molecule has 1 aromatic rings. The summed E-state index contributed by atoms with van der Waals surface area (Å²) in [7, 11) is 0. The number of thioether (sulfide) groups is 1. The molecule has 0 spiro atoms. The average molecular weight is 447 g/mol. The maximum absolute atomic E-state index is 11.7. The normalized spacial score (nSPS) is 16.3. The summed E-state index contributed by atoms with van der Waals surface area (Å²) in [5.74, 6) is 0.721. The number of hydrogen-bond donors (Lipinski definition) is 1. The van der Waals surface area contributed by atoms with Gasteiger partial charge < -0.3 is 14.3 Å². The third-order valence-electron chi connectivity index (χ3n) is 3.34. The number of hydrogen-bond acceptors (Lipinski definition) is 5. The monoisotopic (exact) mass is 445 g/mol. The van der Waals surface area contributed by atoms with E-state index in [9.17, 15) is 4.79 Å². The second kappa shape index (κ2) is 9.43. The number of nitrogens with one attached hydrogen (secondary N) is 1. The molecule has 134 valence electrons. The maximum atomic E-state index is 11.7. The van der Waals surface area contributed by atoms with Crippen molar-refractivity contribution in [3.05, 3.63) is 38.1 Å². The third kappa shape index (κ3) is 4.88. The van der Waals surface area contributed by atoms with Gasteiger partial charge in [0.25, 0.3) is 0 Å². The standard InChI is InChI=1S/C16H17BrClN3O3S/c1-4-23-16(22)21-15(25-5-2)20-11-6-9-10(13(17)14(11)18)8-24-12(9)7-19-3/h6,12H,4-5,7-8H2,1-2H3,(H,20,21,22). The molecule has 1 amide bonds. The lowest BCUT2D eigenvalue weighted by atomic mass is 10.0. The molecular formula is C16H17BrClN3O3S. The minimum Gasteiger partial charge on any atom is -0.450 e. The second-order valence-corrected chi connectivity index (χ2v) is 7.35. The molecule has 1 heterocycles. The first-order valence-corrected chi connectivity index (χ1v) is 9.78. The van der Waals surface area contributed by atoms with Gasteiger partial charge in [0.2, 0.25) is 6.54 Å². The molecule has 1 unspecified atom stereocenters. The zero-order chi connectivity index (χ0) is 18.4. The van der Waals surface area contributed by atoms with Crippen LogP contribution in [0.1, 0.15) is 31.1 Å². The van der Waals surface area contributed by atoms with Crippen molar-refractivity contribution in [1.82, 2.24) is 5.32 Å². The Labute approximate surface area is 164 Å². The summed E-state index contributed by atoms with van der Waals surface area (Å²) in [5, 5.41) is 3.45. The number of nitrogens with zero attached hydrogens (tertiary/aromatic N) is 2. The van der Waals surface area contributed by atoms with Crippen molar-refractivity contribution in [2.75, 3.05) is 18.9 Å². The number of amidine groups is 1. The fourth-order valence-electron chi connectivity index (χ4n) is 2.29. The number of rotatable bonds is 4. The van der Waals surface area contributed by atoms with Gasteiger partial charge in [-0.3, -0.25) is 5.32 Å². The number of ether oxygens (including phenoxy) is 2. The van der Waals surface area contributed by atoms with Gasteiger partial charge in [-0.2, -0.15) is 0 Å². The molecule has 1 atom stereocenters. The molecule has 1 aromatic carbocycles. The number of fused-ring (bicyclic) bond motifs is 1. The first-order chi connectivity index (χ1) is 12.0. The summed E-state index contributed by atoms with van der Waals surface area (Å²) >= 11 is 11.3. The van der Waals surface area contributed by atoms with Crippen LogP contribution in [-0.2, 0) is 16.1 Å². The average Bonchev–Trinajstić information content (AvgIpc) is 2.96. The van der Waals surface area contributed by atoms with E-state index >= 15 is 0 Å². The number of alkyl carbamates (subject to hydrolysis) is 1. The molecule has 0 aliphatic carbocycles. The number of benzene rings is 1. The van der Waals surface area contributed by atoms with Crippen molar-refractivity contribution >= 4 is 56.2 Å². The molecule has 0 saturated carbocycles. The van der Waals surface area contributed by atoms with Gasteiger partial charge in [-0.05, 0) is 45.8 Å². The Hall–Kier alpha value is -1.27. The second-order valence-electron chi connectivity index (χ2n) is 4.93. The molecule has 0 bridgehead atoms. The van der Waals surface area contributed by atoms with E-state index in [0.29, 0.717) is 27.0 Å². The summed E-state index contributed by atoms with van der Waals surface area (Å²) in [6.07, 6.45) is -0.858. The first-order valence-electron chi connectivity index (χ1n) is 7.62. The quantitative estimate of drug-likeness (QED) is 0.398. The van der Waals surface area contributed by atoms with Crippen molar-refractivity contribution in [1.29, 1.82) is 0 Å². The van der Waals surface area contributed by atoms with E-state index in [1.54, 1.807) is 6.92 Å². The van der Waals surface area contributed by atoms with Gasteiger partial charge >= 0.3 is 6.09 Å². The van der Waals surface area contributed by atoms with Crippen LogP contribution in [0.4, 0.5) is 10.5 Å². The lowest BCUT2D eigenvalue weighted by Gasteiger charge is -2.11. The van der Waals surface area contributed by atoms with Crippen molar-refractivity contribution in [2.24, 2.45) is 4.99 Å². The Bertz CT molecular complexity index is 736. The van der Waals surface area contributed by atoms with Crippen molar-refractivity contribution in [2.45, 2.75) is 26.6 Å². The molecule has 1 aliphatic rings. The number of aliphatic imine (C=N–C) groups is 1. The fraction of sp³-hybridized carbons (Fsp3) is 0.438. The third-order valence-corrected chi connectivity index (χ3v) is 5.59. The highest BCUT2D eigenvalue weighted by Crippen LogP contribution is 2.44. The van der Waals surface area contributed by atoms with Gasteiger partial charge in [0.15, 0.2) is 11.3 Å². The smallest absolute Gasteiger partial charge is 0.413 e. The van der Waals surface area contributed by atoms with Gasteiger partial charge in [-0.1, -0.05) is 30.3 Å². The molecular weight excluding hydrogens is 430 g/mol. The highest BCUT2D eigenvalue weighted by molar-refractivity contribution is 9.10. The molecule has 2 rings (SSSR count). The van der Waals surface area contributed by atoms with Crippen LogP contribution in [0, 0.1) is 6.57 Å². The fourth-order valence-corrected chi connectivity index (χ4v) is 3.64. The number of halogens is 2. The van der Waals surface area contributed by atoms with E-state index in [1.807, 2.05) is 13.0 Å². The van der Waals surface area contributed by atoms with Gasteiger partial charge in [-0.25, -0.2) is 16.4 Å². The van der Waals surface area contributed by atoms with Gasteiger partial charge in [0.1, 0.15) is 0 Å². The van der Waals surface area contributed by atoms with Crippen LogP contribution in [0.25, 0.3) is 4.85 Å². The van der Waals surface area contributed by atoms with Crippen molar-refractivity contribution < 1.29 is 14.3 Å². The summed E-state index contributed by atoms with van der Waals surface area (Å²) < 4.78 is 11.3. The van der Waals surface area contributed by atoms with Crippen LogP contribution < -0.4 is 5.32 Å². The predicted molar refractivity (Wildman–Crippen MR) is 104 cm³/mol. The molecule has 1 aliphatic heterocycles. The summed E-state index contributed by atoms with van der Waals surface area (Å²) in [4.78, 5) is 19.6. The minimum atomic E-state index is -0.562. The van der Waals surface area contributed by atoms with E-state index in [4.69, 9.17) is 27.6 Å². The Morgan fingerprint density at radius 3 is 3.04 bits per heavy atom. The summed E-state index contributed by atoms with van der Waals surface area (Å²) in [6.45, 7) is 11.7. The Kier molecular flexibility index (Phi) is 7.56. The van der Waals surface area contributed by atoms with Crippen LogP contribution in [0.2, 0.25) is 5.02 Å². The van der Waals surface area contributed by atoms with Crippen LogP contribution in [0.3, 0.4) is 0 Å². The highest BCUT2D eigenvalue weighted by Gasteiger charge is 2.30. The molecule has 0 saturated heterocycles. The van der Waals surface area contributed by atoms with Crippen LogP contribution >= 0.6 is 39.3 Å². The summed E-state index contributed by atoms with van der Waals surface area (Å²) in [6, 6.07) is 1.81. The lowest BCUT2D eigenvalue weighted by Crippen LogP contribution is -2.29. The zero-order valence-corrected chi connectivity index (χ0v) is 16.9. The van der Waals surface area contributed by atoms with Gasteiger partial charge in [-0.15, -0.1) is 0 Å². The molecule has 1 N–H and O–H groups in total. The Morgan fingerprint density at radius 2 is 2.40 bits per heavy atom. The minimum absolute atomic E-state index is 0.238. The Balaban J connectivity index is 2.39. The van der Waals surface area contributed by atoms with E-state index in [1.165, 1.54) is 11.8 Å². The van der Waals surface area contributed by atoms with E-state index < -0.39 is 6.09 Å². The highest BCUT2D eigenvalue weighted by atomic mass is 79.9. The SMILES string of the molecule is [C-]#[N+]CC1OCc2c1cc(N=C(NC(=O)OCC)SCC)c(Cl)c2Br. The lowest BCUT2D eigenvalue weighted by molar-refractivity contribution is 0.0773. The molecule has 9 heteroatoms. The predicted octanol–water partition coefficient (Wildman–Crippen LogP) is 5.08. The number of carbonyl (C=O) groups excluding carboxylic acids is 1. The number of carbonyl (C=O) groups is 1. The van der Waals surface area contributed by atoms with Crippen molar-refractivity contribution in [3.8, 4) is 0 Å². The van der Waals surface area contributed by atoms with Crippen LogP contribution in [0.5, 0.6) is 0 Å². The summed E-state index contributed by atoms with van der Waals surface area (Å²) in [5.41, 5.74) is 2.32. The van der Waals surface area contributed by atoms with Crippen LogP contribution in [0.15, 0.2) is 15.5 Å². The van der Waals surface area contributed by atoms with Gasteiger partial charge in [0.05, 0.1) is 23.9 Å². The first kappa shape index (κ1) is 20.0. The zero-order valence-electron chi connectivity index (χ0n) is 13.8. The molecule has 6 nitrogen and oxygen atoms in total. The largest absolute Gasteiger partial charge is 0.450 e. The molecule has 0 aromatic heterocycles. The van der Waals surface area contributed by atoms with E-state index in [-0.39, 0.29) is 19.3 Å². The number of amides is 1. The molecule has 0 fully saturated rings. The Morgan fingerprint density at radius 1 is 1.64 bits per heavy atom. The van der Waals surface area contributed by atoms with E-state index in [2.05, 4.69) is 31.1 Å². The van der Waals surface area contributed by atoms with Crippen molar-refractivity contribution in [3.63, 3.8) is 0 Å². The topological polar surface area (TPSA) is 64.3 Å². The maximum Gasteiger partial charge on any atom is 0.413 e. The van der Waals surface area contributed by atoms with Gasteiger partial charge in [0, 0.05) is 4.47 Å². The molecule has 0 radical (unpaired) electrons. The van der Waals surface area contributed by atoms with Crippen LogP contribution in [-0.4, -0.2) is 30.2 Å².